The van der Waals surface area contributed by atoms with Gasteiger partial charge in [-0.05, 0) is 36.1 Å². The van der Waals surface area contributed by atoms with Crippen LogP contribution in [0.15, 0.2) is 42.6 Å². The van der Waals surface area contributed by atoms with Crippen LogP contribution >= 0.6 is 0 Å². The normalized spacial score (nSPS) is 12.2. The first kappa shape index (κ1) is 13.5. The van der Waals surface area contributed by atoms with Crippen LogP contribution in [0.25, 0.3) is 0 Å². The van der Waals surface area contributed by atoms with E-state index in [-0.39, 0.29) is 6.04 Å². The van der Waals surface area contributed by atoms with Gasteiger partial charge in [-0.15, -0.1) is 0 Å². The van der Waals surface area contributed by atoms with Crippen molar-refractivity contribution in [3.63, 3.8) is 0 Å². The summed E-state index contributed by atoms with van der Waals surface area (Å²) >= 11 is 0. The summed E-state index contributed by atoms with van der Waals surface area (Å²) in [5.41, 5.74) is 3.42. The fourth-order valence-electron chi connectivity index (χ4n) is 2.07. The molecule has 100 valence electrons. The van der Waals surface area contributed by atoms with E-state index in [2.05, 4.69) is 48.4 Å². The Morgan fingerprint density at radius 3 is 2.37 bits per heavy atom. The number of aryl methyl sites for hydroxylation is 1. The number of hydrogen-bond acceptors (Lipinski definition) is 2. The van der Waals surface area contributed by atoms with Crippen LogP contribution in [0.1, 0.15) is 37.4 Å². The van der Waals surface area contributed by atoms with Gasteiger partial charge in [0, 0.05) is 0 Å². The minimum Gasteiger partial charge on any atom is -0.377 e. The van der Waals surface area contributed by atoms with Crippen LogP contribution in [0.5, 0.6) is 0 Å². The SMILES string of the molecule is CCc1ccc(C(CC)Nc2ccc(F)nc2)cc1. The maximum Gasteiger partial charge on any atom is 0.212 e. The predicted octanol–water partition coefficient (Wildman–Crippen LogP) is 4.35. The Labute approximate surface area is 113 Å². The summed E-state index contributed by atoms with van der Waals surface area (Å²) < 4.78 is 12.8. The summed E-state index contributed by atoms with van der Waals surface area (Å²) in [7, 11) is 0. The third-order valence-corrected chi connectivity index (χ3v) is 3.27. The number of pyridine rings is 1. The molecule has 1 atom stereocenters. The van der Waals surface area contributed by atoms with E-state index >= 15 is 0 Å². The van der Waals surface area contributed by atoms with E-state index in [0.29, 0.717) is 0 Å². The molecule has 0 aliphatic rings. The summed E-state index contributed by atoms with van der Waals surface area (Å²) in [6.45, 7) is 4.27. The van der Waals surface area contributed by atoms with Crippen molar-refractivity contribution in [2.24, 2.45) is 0 Å². The van der Waals surface area contributed by atoms with E-state index in [1.807, 2.05) is 0 Å². The van der Waals surface area contributed by atoms with E-state index in [9.17, 15) is 4.39 Å². The smallest absolute Gasteiger partial charge is 0.212 e. The third kappa shape index (κ3) is 3.53. The Kier molecular flexibility index (Phi) is 4.50. The topological polar surface area (TPSA) is 24.9 Å². The van der Waals surface area contributed by atoms with E-state index in [0.717, 1.165) is 18.5 Å². The van der Waals surface area contributed by atoms with Crippen molar-refractivity contribution in [1.82, 2.24) is 4.98 Å². The number of anilines is 1. The lowest BCUT2D eigenvalue weighted by molar-refractivity contribution is 0.583. The standard InChI is InChI=1S/C16H19FN2/c1-3-12-5-7-13(8-6-12)15(4-2)19-14-9-10-16(17)18-11-14/h5-11,15,19H,3-4H2,1-2H3. The van der Waals surface area contributed by atoms with Gasteiger partial charge in [0.2, 0.25) is 5.95 Å². The zero-order chi connectivity index (χ0) is 13.7. The summed E-state index contributed by atoms with van der Waals surface area (Å²) in [5.74, 6) is -0.453. The molecule has 3 heteroatoms. The van der Waals surface area contributed by atoms with E-state index < -0.39 is 5.95 Å². The van der Waals surface area contributed by atoms with E-state index in [1.54, 1.807) is 6.07 Å². The highest BCUT2D eigenvalue weighted by atomic mass is 19.1. The second-order valence-electron chi connectivity index (χ2n) is 4.57. The molecule has 0 radical (unpaired) electrons. The first-order chi connectivity index (χ1) is 9.22. The maximum atomic E-state index is 12.8. The van der Waals surface area contributed by atoms with Crippen LogP contribution in [-0.2, 0) is 6.42 Å². The predicted molar refractivity (Wildman–Crippen MR) is 76.7 cm³/mol. The van der Waals surface area contributed by atoms with Crippen molar-refractivity contribution in [1.29, 1.82) is 0 Å². The molecule has 1 unspecified atom stereocenters. The molecule has 2 aromatic rings. The minimum atomic E-state index is -0.453. The third-order valence-electron chi connectivity index (χ3n) is 3.27. The maximum absolute atomic E-state index is 12.8. The van der Waals surface area contributed by atoms with Gasteiger partial charge in [-0.3, -0.25) is 0 Å². The average molecular weight is 258 g/mol. The highest BCUT2D eigenvalue weighted by Crippen LogP contribution is 2.22. The number of nitrogens with zero attached hydrogens (tertiary/aromatic N) is 1. The first-order valence-electron chi connectivity index (χ1n) is 6.69. The lowest BCUT2D eigenvalue weighted by atomic mass is 10.0. The Balaban J connectivity index is 2.12. The zero-order valence-electron chi connectivity index (χ0n) is 11.4. The second kappa shape index (κ2) is 6.32. The number of benzene rings is 1. The Morgan fingerprint density at radius 2 is 1.84 bits per heavy atom. The molecule has 0 saturated carbocycles. The molecule has 2 nitrogen and oxygen atoms in total. The van der Waals surface area contributed by atoms with Gasteiger partial charge in [0.25, 0.3) is 0 Å². The van der Waals surface area contributed by atoms with Gasteiger partial charge in [0.05, 0.1) is 17.9 Å². The Hall–Kier alpha value is -1.90. The van der Waals surface area contributed by atoms with Crippen molar-refractivity contribution < 1.29 is 4.39 Å². The van der Waals surface area contributed by atoms with Gasteiger partial charge >= 0.3 is 0 Å². The van der Waals surface area contributed by atoms with Gasteiger partial charge in [-0.2, -0.15) is 4.39 Å². The van der Waals surface area contributed by atoms with Crippen LogP contribution in [0.4, 0.5) is 10.1 Å². The molecule has 0 fully saturated rings. The van der Waals surface area contributed by atoms with Crippen LogP contribution in [0, 0.1) is 5.95 Å². The molecule has 1 N–H and O–H groups in total. The highest BCUT2D eigenvalue weighted by Gasteiger charge is 2.09. The van der Waals surface area contributed by atoms with Crippen molar-refractivity contribution >= 4 is 5.69 Å². The van der Waals surface area contributed by atoms with Crippen molar-refractivity contribution in [2.45, 2.75) is 32.7 Å². The number of halogens is 1. The average Bonchev–Trinajstić information content (AvgIpc) is 2.47. The molecule has 1 heterocycles. The summed E-state index contributed by atoms with van der Waals surface area (Å²) in [6.07, 6.45) is 3.54. The van der Waals surface area contributed by atoms with E-state index in [4.69, 9.17) is 0 Å². The largest absolute Gasteiger partial charge is 0.377 e. The molecule has 2 rings (SSSR count). The molecule has 0 spiro atoms. The fourth-order valence-corrected chi connectivity index (χ4v) is 2.07. The summed E-state index contributed by atoms with van der Waals surface area (Å²) in [6, 6.07) is 11.9. The molecule has 1 aromatic heterocycles. The Bertz CT molecular complexity index is 505. The van der Waals surface area contributed by atoms with Crippen molar-refractivity contribution in [3.8, 4) is 0 Å². The highest BCUT2D eigenvalue weighted by molar-refractivity contribution is 5.43. The molecule has 0 aliphatic carbocycles. The van der Waals surface area contributed by atoms with Crippen LogP contribution in [0.3, 0.4) is 0 Å². The first-order valence-corrected chi connectivity index (χ1v) is 6.69. The number of hydrogen-bond donors (Lipinski definition) is 1. The summed E-state index contributed by atoms with van der Waals surface area (Å²) in [5, 5.41) is 3.38. The van der Waals surface area contributed by atoms with Crippen molar-refractivity contribution in [2.75, 3.05) is 5.32 Å². The number of rotatable bonds is 5. The molecule has 1 aromatic carbocycles. The minimum absolute atomic E-state index is 0.221. The van der Waals surface area contributed by atoms with E-state index in [1.165, 1.54) is 23.4 Å². The van der Waals surface area contributed by atoms with Gasteiger partial charge in [0.1, 0.15) is 0 Å². The molecule has 0 bridgehead atoms. The van der Waals surface area contributed by atoms with Crippen LogP contribution in [0.2, 0.25) is 0 Å². The second-order valence-corrected chi connectivity index (χ2v) is 4.57. The number of nitrogens with one attached hydrogen (secondary N) is 1. The van der Waals surface area contributed by atoms with Gasteiger partial charge < -0.3 is 5.32 Å². The quantitative estimate of drug-likeness (QED) is 0.807. The monoisotopic (exact) mass is 258 g/mol. The fraction of sp³-hybridized carbons (Fsp3) is 0.312. The molecule has 19 heavy (non-hydrogen) atoms. The van der Waals surface area contributed by atoms with Crippen LogP contribution in [-0.4, -0.2) is 4.98 Å². The molecular weight excluding hydrogens is 239 g/mol. The van der Waals surface area contributed by atoms with Gasteiger partial charge in [0.15, 0.2) is 0 Å². The number of aromatic nitrogens is 1. The zero-order valence-corrected chi connectivity index (χ0v) is 11.4. The summed E-state index contributed by atoms with van der Waals surface area (Å²) in [4.78, 5) is 3.66. The lowest BCUT2D eigenvalue weighted by Crippen LogP contribution is -2.10. The molecule has 0 saturated heterocycles. The molecular formula is C16H19FN2. The Morgan fingerprint density at radius 1 is 1.11 bits per heavy atom. The molecule has 0 amide bonds. The molecule has 0 aliphatic heterocycles. The van der Waals surface area contributed by atoms with Gasteiger partial charge in [-0.1, -0.05) is 38.1 Å². The van der Waals surface area contributed by atoms with Gasteiger partial charge in [-0.25, -0.2) is 4.98 Å². The van der Waals surface area contributed by atoms with Crippen LogP contribution < -0.4 is 5.32 Å². The van der Waals surface area contributed by atoms with Crippen molar-refractivity contribution in [3.05, 3.63) is 59.7 Å². The lowest BCUT2D eigenvalue weighted by Gasteiger charge is -2.18.